The van der Waals surface area contributed by atoms with E-state index in [0.717, 1.165) is 38.5 Å². The van der Waals surface area contributed by atoms with Gasteiger partial charge in [-0.15, -0.1) is 11.8 Å². The molecule has 0 aliphatic carbocycles. The Bertz CT molecular complexity index is 832. The fraction of sp³-hybridized carbons (Fsp3) is 0.889. The number of thioether (sulfide) groups is 1. The van der Waals surface area contributed by atoms with E-state index in [4.69, 9.17) is 5.11 Å². The van der Waals surface area contributed by atoms with Gasteiger partial charge in [-0.2, -0.15) is 0 Å². The fourth-order valence-electron chi connectivity index (χ4n) is 6.86. The van der Waals surface area contributed by atoms with Crippen LogP contribution in [0.5, 0.6) is 0 Å². The van der Waals surface area contributed by atoms with E-state index in [1.807, 2.05) is 6.92 Å². The number of hydrogen-bond acceptors (Lipinski definition) is 5. The highest BCUT2D eigenvalue weighted by Crippen LogP contribution is 2.67. The second-order valence-electron chi connectivity index (χ2n) is 12.7. The Morgan fingerprint density at radius 1 is 1.14 bits per heavy atom. The second kappa shape index (κ2) is 11.5. The molecular weight excluding hydrogens is 542 g/mol. The number of aliphatic hydroxyl groups excluding tert-OH is 1. The first-order valence-electron chi connectivity index (χ1n) is 13.6. The fourth-order valence-corrected chi connectivity index (χ4v) is 10.5. The van der Waals surface area contributed by atoms with Crippen molar-refractivity contribution in [1.29, 1.82) is 0 Å². The topological polar surface area (TPSA) is 98.7 Å². The Kier molecular flexibility index (Phi) is 9.52. The van der Waals surface area contributed by atoms with Gasteiger partial charge < -0.3 is 20.6 Å². The lowest BCUT2D eigenvalue weighted by Crippen LogP contribution is -2.58. The SMILES string of the molecule is CCCNC(=O)[C@H]1[C@H]2C(=O)N(CCCCCCO)C(C(=O)NC(C)(C)CC(C)(C)C)C23CC(Br)[C@@H]1S3. The first-order valence-corrected chi connectivity index (χ1v) is 15.4. The molecule has 3 heterocycles. The van der Waals surface area contributed by atoms with Crippen molar-refractivity contribution in [3.05, 3.63) is 0 Å². The van der Waals surface area contributed by atoms with Gasteiger partial charge in [0.15, 0.2) is 0 Å². The largest absolute Gasteiger partial charge is 0.396 e. The molecule has 3 aliphatic rings. The van der Waals surface area contributed by atoms with Crippen LogP contribution in [0, 0.1) is 17.3 Å². The molecule has 0 radical (unpaired) electrons. The number of rotatable bonds is 12. The molecule has 0 aromatic rings. The van der Waals surface area contributed by atoms with Gasteiger partial charge in [0.25, 0.3) is 0 Å². The number of carbonyl (C=O) groups excluding carboxylic acids is 3. The summed E-state index contributed by atoms with van der Waals surface area (Å²) in [7, 11) is 0. The summed E-state index contributed by atoms with van der Waals surface area (Å²) in [5.74, 6) is -1.10. The van der Waals surface area contributed by atoms with Crippen molar-refractivity contribution in [2.75, 3.05) is 19.7 Å². The summed E-state index contributed by atoms with van der Waals surface area (Å²) in [4.78, 5) is 43.2. The summed E-state index contributed by atoms with van der Waals surface area (Å²) >= 11 is 5.51. The smallest absolute Gasteiger partial charge is 0.244 e. The van der Waals surface area contributed by atoms with E-state index < -0.39 is 28.2 Å². The van der Waals surface area contributed by atoms with E-state index in [-0.39, 0.29) is 39.8 Å². The quantitative estimate of drug-likeness (QED) is 0.238. The highest BCUT2D eigenvalue weighted by Gasteiger charge is 2.75. The van der Waals surface area contributed by atoms with E-state index in [1.165, 1.54) is 0 Å². The van der Waals surface area contributed by atoms with E-state index in [2.05, 4.69) is 61.2 Å². The van der Waals surface area contributed by atoms with Gasteiger partial charge in [0, 0.05) is 35.3 Å². The monoisotopic (exact) mass is 587 g/mol. The number of fused-ring (bicyclic) bond motifs is 1. The Morgan fingerprint density at radius 2 is 1.81 bits per heavy atom. The zero-order chi connectivity index (χ0) is 26.9. The molecule has 6 atom stereocenters. The third-order valence-corrected chi connectivity index (χ3v) is 10.9. The number of nitrogens with zero attached hydrogens (tertiary/aromatic N) is 1. The minimum absolute atomic E-state index is 0.0135. The van der Waals surface area contributed by atoms with Gasteiger partial charge in [0.1, 0.15) is 6.04 Å². The van der Waals surface area contributed by atoms with Crippen LogP contribution in [0.4, 0.5) is 0 Å². The molecule has 1 spiro atoms. The molecule has 0 saturated carbocycles. The zero-order valence-corrected chi connectivity index (χ0v) is 25.3. The lowest BCUT2D eigenvalue weighted by molar-refractivity contribution is -0.140. The molecule has 7 nitrogen and oxygen atoms in total. The summed E-state index contributed by atoms with van der Waals surface area (Å²) in [6, 6.07) is -0.592. The van der Waals surface area contributed by atoms with Crippen LogP contribution in [0.3, 0.4) is 0 Å². The van der Waals surface area contributed by atoms with Gasteiger partial charge in [-0.05, 0) is 51.4 Å². The minimum Gasteiger partial charge on any atom is -0.396 e. The molecule has 36 heavy (non-hydrogen) atoms. The Morgan fingerprint density at radius 3 is 2.42 bits per heavy atom. The Labute approximate surface area is 229 Å². The van der Waals surface area contributed by atoms with Crippen LogP contribution in [0.1, 0.15) is 86.5 Å². The second-order valence-corrected chi connectivity index (χ2v) is 15.5. The van der Waals surface area contributed by atoms with E-state index in [9.17, 15) is 14.4 Å². The Hall–Kier alpha value is -0.800. The normalized spacial score (nSPS) is 31.6. The summed E-state index contributed by atoms with van der Waals surface area (Å²) in [5, 5.41) is 15.4. The molecule has 3 aliphatic heterocycles. The lowest BCUT2D eigenvalue weighted by Gasteiger charge is -2.39. The van der Waals surface area contributed by atoms with Crippen molar-refractivity contribution in [1.82, 2.24) is 15.5 Å². The van der Waals surface area contributed by atoms with Crippen LogP contribution in [-0.2, 0) is 14.4 Å². The standard InChI is InChI=1S/C27H46BrN3O4S/c1-7-12-29-22(33)18-19-24(35)31(13-10-8-9-11-14-32)21(27(19)15-17(28)20(18)36-27)23(34)30-26(5,6)16-25(2,3)4/h17-21,32H,7-16H2,1-6H3,(H,29,33)(H,30,34)/t17?,18-,19-,20-,21?,27?/m0/s1. The number of halogens is 1. The van der Waals surface area contributed by atoms with Gasteiger partial charge in [0.05, 0.1) is 16.6 Å². The first kappa shape index (κ1) is 29.8. The van der Waals surface area contributed by atoms with Crippen LogP contribution in [0.25, 0.3) is 0 Å². The zero-order valence-electron chi connectivity index (χ0n) is 22.9. The average Bonchev–Trinajstić information content (AvgIpc) is 3.33. The van der Waals surface area contributed by atoms with E-state index in [1.54, 1.807) is 16.7 Å². The molecule has 3 N–H and O–H groups in total. The predicted octanol–water partition coefficient (Wildman–Crippen LogP) is 3.86. The summed E-state index contributed by atoms with van der Waals surface area (Å²) < 4.78 is -0.600. The maximum atomic E-state index is 14.1. The maximum absolute atomic E-state index is 14.1. The molecule has 9 heteroatoms. The van der Waals surface area contributed by atoms with Crippen LogP contribution in [0.2, 0.25) is 0 Å². The summed E-state index contributed by atoms with van der Waals surface area (Å²) in [6.45, 7) is 13.9. The van der Waals surface area contributed by atoms with Gasteiger partial charge in [-0.1, -0.05) is 56.5 Å². The Balaban J connectivity index is 1.91. The van der Waals surface area contributed by atoms with Gasteiger partial charge in [0.2, 0.25) is 17.7 Å². The highest BCUT2D eigenvalue weighted by atomic mass is 79.9. The first-order chi connectivity index (χ1) is 16.8. The third-order valence-electron chi connectivity index (χ3n) is 7.63. The number of carbonyl (C=O) groups is 3. The third kappa shape index (κ3) is 6.09. The number of likely N-dealkylation sites (tertiary alicyclic amines) is 1. The molecule has 0 aromatic heterocycles. The summed E-state index contributed by atoms with van der Waals surface area (Å²) in [6.07, 6.45) is 5.66. The van der Waals surface area contributed by atoms with Gasteiger partial charge in [-0.25, -0.2) is 0 Å². The molecule has 0 aromatic carbocycles. The average molecular weight is 589 g/mol. The van der Waals surface area contributed by atoms with E-state index in [0.29, 0.717) is 19.5 Å². The van der Waals surface area contributed by atoms with Gasteiger partial charge in [-0.3, -0.25) is 14.4 Å². The molecule has 3 unspecified atom stereocenters. The molecule has 2 bridgehead atoms. The molecule has 3 amide bonds. The maximum Gasteiger partial charge on any atom is 0.244 e. The number of aliphatic hydroxyl groups is 1. The number of unbranched alkanes of at least 4 members (excludes halogenated alkanes) is 3. The van der Waals surface area contributed by atoms with Crippen molar-refractivity contribution >= 4 is 45.4 Å². The van der Waals surface area contributed by atoms with Crippen LogP contribution in [-0.4, -0.2) is 73.8 Å². The number of nitrogens with one attached hydrogen (secondary N) is 2. The minimum atomic E-state index is -0.600. The molecule has 3 rings (SSSR count). The molecular formula is C27H46BrN3O4S. The predicted molar refractivity (Wildman–Crippen MR) is 149 cm³/mol. The van der Waals surface area contributed by atoms with Gasteiger partial charge >= 0.3 is 0 Å². The van der Waals surface area contributed by atoms with Crippen molar-refractivity contribution in [2.24, 2.45) is 17.3 Å². The van der Waals surface area contributed by atoms with Crippen molar-refractivity contribution in [2.45, 2.75) is 113 Å². The molecule has 3 fully saturated rings. The number of alkyl halides is 1. The summed E-state index contributed by atoms with van der Waals surface area (Å²) in [5.41, 5.74) is -0.383. The van der Waals surface area contributed by atoms with Crippen LogP contribution < -0.4 is 10.6 Å². The highest BCUT2D eigenvalue weighted by molar-refractivity contribution is 9.09. The van der Waals surface area contributed by atoms with Crippen LogP contribution >= 0.6 is 27.7 Å². The lowest BCUT2D eigenvalue weighted by atomic mass is 9.70. The van der Waals surface area contributed by atoms with Crippen molar-refractivity contribution < 1.29 is 19.5 Å². The molecule has 206 valence electrons. The van der Waals surface area contributed by atoms with E-state index >= 15 is 0 Å². The van der Waals surface area contributed by atoms with Crippen LogP contribution in [0.15, 0.2) is 0 Å². The van der Waals surface area contributed by atoms with Crippen molar-refractivity contribution in [3.63, 3.8) is 0 Å². The van der Waals surface area contributed by atoms with Crippen molar-refractivity contribution in [3.8, 4) is 0 Å². The number of amides is 3. The molecule has 3 saturated heterocycles. The number of hydrogen-bond donors (Lipinski definition) is 3.